The highest BCUT2D eigenvalue weighted by Gasteiger charge is 2.38. The second-order valence-corrected chi connectivity index (χ2v) is 5.87. The van der Waals surface area contributed by atoms with Crippen molar-refractivity contribution in [3.63, 3.8) is 0 Å². The highest BCUT2D eigenvalue weighted by atomic mass is 79.9. The summed E-state index contributed by atoms with van der Waals surface area (Å²) >= 11 is 3.52. The third kappa shape index (κ3) is 2.93. The van der Waals surface area contributed by atoms with E-state index in [1.807, 2.05) is 6.07 Å². The molecule has 2 rings (SSSR count). The molecule has 1 aliphatic carbocycles. The summed E-state index contributed by atoms with van der Waals surface area (Å²) in [5.74, 6) is 0.0683. The summed E-state index contributed by atoms with van der Waals surface area (Å²) in [6.07, 6.45) is 3.56. The van der Waals surface area contributed by atoms with Crippen LogP contribution in [0.5, 0.6) is 0 Å². The number of likely N-dealkylation sites (N-methyl/N-ethyl adjacent to an activating group) is 1. The number of rotatable bonds is 5. The molecule has 2 N–H and O–H groups in total. The molecule has 1 aliphatic rings. The molecule has 0 saturated heterocycles. The van der Waals surface area contributed by atoms with Gasteiger partial charge in [-0.15, -0.1) is 0 Å². The maximum absolute atomic E-state index is 11.5. The van der Waals surface area contributed by atoms with Crippen LogP contribution < -0.4 is 10.6 Å². The molecular formula is C14H19BrN2O. The van der Waals surface area contributed by atoms with Crippen LogP contribution in [0.25, 0.3) is 0 Å². The molecule has 1 amide bonds. The fraction of sp³-hybridized carbons (Fsp3) is 0.500. The van der Waals surface area contributed by atoms with Crippen molar-refractivity contribution in [3.05, 3.63) is 34.3 Å². The minimum atomic E-state index is 0.0683. The lowest BCUT2D eigenvalue weighted by Gasteiger charge is -2.42. The fourth-order valence-corrected chi connectivity index (χ4v) is 2.88. The second kappa shape index (κ2) is 5.85. The summed E-state index contributed by atoms with van der Waals surface area (Å²) in [5.41, 5.74) is 1.47. The molecule has 4 heteroatoms. The Labute approximate surface area is 116 Å². The van der Waals surface area contributed by atoms with E-state index in [-0.39, 0.29) is 11.3 Å². The van der Waals surface area contributed by atoms with Crippen LogP contribution in [0.1, 0.15) is 24.8 Å². The van der Waals surface area contributed by atoms with E-state index >= 15 is 0 Å². The first-order valence-electron chi connectivity index (χ1n) is 6.34. The van der Waals surface area contributed by atoms with Crippen molar-refractivity contribution in [1.29, 1.82) is 0 Å². The van der Waals surface area contributed by atoms with Crippen LogP contribution in [0.15, 0.2) is 28.7 Å². The molecule has 0 radical (unpaired) electrons. The van der Waals surface area contributed by atoms with Gasteiger partial charge in [0.1, 0.15) is 0 Å². The molecule has 98 valence electrons. The van der Waals surface area contributed by atoms with E-state index in [0.717, 1.165) is 23.9 Å². The summed E-state index contributed by atoms with van der Waals surface area (Å²) in [7, 11) is 1.78. The Balaban J connectivity index is 2.04. The Morgan fingerprint density at radius 2 is 2.22 bits per heavy atom. The van der Waals surface area contributed by atoms with Gasteiger partial charge >= 0.3 is 0 Å². The van der Waals surface area contributed by atoms with Gasteiger partial charge < -0.3 is 10.6 Å². The highest BCUT2D eigenvalue weighted by Crippen LogP contribution is 2.43. The van der Waals surface area contributed by atoms with E-state index in [0.29, 0.717) is 6.54 Å². The Kier molecular flexibility index (Phi) is 4.40. The molecule has 0 heterocycles. The van der Waals surface area contributed by atoms with Crippen LogP contribution in [0.4, 0.5) is 0 Å². The molecule has 0 aliphatic heterocycles. The zero-order valence-corrected chi connectivity index (χ0v) is 12.2. The van der Waals surface area contributed by atoms with Gasteiger partial charge in [0.25, 0.3) is 0 Å². The van der Waals surface area contributed by atoms with Crippen molar-refractivity contribution in [2.75, 3.05) is 20.1 Å². The summed E-state index contributed by atoms with van der Waals surface area (Å²) in [6.45, 7) is 1.12. The number of halogens is 1. The largest absolute Gasteiger partial charge is 0.354 e. The van der Waals surface area contributed by atoms with E-state index < -0.39 is 0 Å². The molecule has 0 atom stereocenters. The van der Waals surface area contributed by atoms with E-state index in [1.165, 1.54) is 12.0 Å². The van der Waals surface area contributed by atoms with Gasteiger partial charge in [0.2, 0.25) is 5.91 Å². The first kappa shape index (κ1) is 13.6. The summed E-state index contributed by atoms with van der Waals surface area (Å²) < 4.78 is 1.10. The van der Waals surface area contributed by atoms with E-state index in [1.54, 1.807) is 7.05 Å². The number of carbonyl (C=O) groups excluding carboxylic acids is 1. The smallest absolute Gasteiger partial charge is 0.233 e. The van der Waals surface area contributed by atoms with Crippen molar-refractivity contribution in [3.8, 4) is 0 Å². The Hall–Kier alpha value is -0.870. The normalized spacial score (nSPS) is 17.0. The van der Waals surface area contributed by atoms with Gasteiger partial charge in [-0.3, -0.25) is 4.79 Å². The number of amides is 1. The van der Waals surface area contributed by atoms with Gasteiger partial charge in [-0.25, -0.2) is 0 Å². The minimum Gasteiger partial charge on any atom is -0.354 e. The molecular weight excluding hydrogens is 292 g/mol. The molecule has 0 unspecified atom stereocenters. The van der Waals surface area contributed by atoms with Crippen LogP contribution in [0.3, 0.4) is 0 Å². The summed E-state index contributed by atoms with van der Waals surface area (Å²) in [5, 5.41) is 5.90. The SMILES string of the molecule is CNCC(=O)NCC1(c2cccc(Br)c2)CCC1. The first-order valence-corrected chi connectivity index (χ1v) is 7.13. The van der Waals surface area contributed by atoms with Crippen LogP contribution in [0, 0.1) is 0 Å². The minimum absolute atomic E-state index is 0.0683. The average Bonchev–Trinajstić information content (AvgIpc) is 2.28. The Morgan fingerprint density at radius 3 is 2.78 bits per heavy atom. The number of benzene rings is 1. The number of carbonyl (C=O) groups is 1. The van der Waals surface area contributed by atoms with Gasteiger partial charge in [0.15, 0.2) is 0 Å². The van der Waals surface area contributed by atoms with Gasteiger partial charge in [-0.1, -0.05) is 34.5 Å². The number of hydrogen-bond acceptors (Lipinski definition) is 2. The van der Waals surface area contributed by atoms with E-state index in [9.17, 15) is 4.79 Å². The molecule has 0 spiro atoms. The second-order valence-electron chi connectivity index (χ2n) is 4.95. The standard InChI is InChI=1S/C14H19BrN2O/c1-16-9-13(18)17-10-14(6-3-7-14)11-4-2-5-12(15)8-11/h2,4-5,8,16H,3,6-7,9-10H2,1H3,(H,17,18). The lowest BCUT2D eigenvalue weighted by molar-refractivity contribution is -0.120. The number of nitrogens with one attached hydrogen (secondary N) is 2. The van der Waals surface area contributed by atoms with Crippen LogP contribution in [-0.4, -0.2) is 26.0 Å². The van der Waals surface area contributed by atoms with Gasteiger partial charge in [-0.05, 0) is 37.6 Å². The molecule has 1 aromatic rings. The van der Waals surface area contributed by atoms with Gasteiger partial charge in [0, 0.05) is 16.4 Å². The van der Waals surface area contributed by atoms with Crippen molar-refractivity contribution in [2.45, 2.75) is 24.7 Å². The summed E-state index contributed by atoms with van der Waals surface area (Å²) in [4.78, 5) is 11.5. The Morgan fingerprint density at radius 1 is 1.44 bits per heavy atom. The maximum Gasteiger partial charge on any atom is 0.233 e. The van der Waals surface area contributed by atoms with Crippen LogP contribution in [-0.2, 0) is 10.2 Å². The predicted molar refractivity (Wildman–Crippen MR) is 76.6 cm³/mol. The highest BCUT2D eigenvalue weighted by molar-refractivity contribution is 9.10. The average molecular weight is 311 g/mol. The van der Waals surface area contributed by atoms with E-state index in [2.05, 4.69) is 44.8 Å². The molecule has 0 aromatic heterocycles. The van der Waals surface area contributed by atoms with Crippen LogP contribution >= 0.6 is 15.9 Å². The van der Waals surface area contributed by atoms with Crippen molar-refractivity contribution < 1.29 is 4.79 Å². The first-order chi connectivity index (χ1) is 8.66. The van der Waals surface area contributed by atoms with Crippen molar-refractivity contribution in [1.82, 2.24) is 10.6 Å². The Bertz CT molecular complexity index is 430. The predicted octanol–water partition coefficient (Wildman–Crippen LogP) is 2.21. The van der Waals surface area contributed by atoms with Crippen molar-refractivity contribution >= 4 is 21.8 Å². The quantitative estimate of drug-likeness (QED) is 0.875. The molecule has 0 bridgehead atoms. The topological polar surface area (TPSA) is 41.1 Å². The van der Waals surface area contributed by atoms with Crippen LogP contribution in [0.2, 0.25) is 0 Å². The monoisotopic (exact) mass is 310 g/mol. The van der Waals surface area contributed by atoms with Crippen molar-refractivity contribution in [2.24, 2.45) is 0 Å². The molecule has 18 heavy (non-hydrogen) atoms. The fourth-order valence-electron chi connectivity index (χ4n) is 2.48. The zero-order valence-electron chi connectivity index (χ0n) is 10.6. The molecule has 1 saturated carbocycles. The molecule has 1 fully saturated rings. The van der Waals surface area contributed by atoms with Gasteiger partial charge in [0.05, 0.1) is 6.54 Å². The molecule has 1 aromatic carbocycles. The van der Waals surface area contributed by atoms with E-state index in [4.69, 9.17) is 0 Å². The summed E-state index contributed by atoms with van der Waals surface area (Å²) in [6, 6.07) is 8.43. The lowest BCUT2D eigenvalue weighted by atomic mass is 9.64. The zero-order chi connectivity index (χ0) is 13.0. The third-order valence-corrected chi connectivity index (χ3v) is 4.20. The maximum atomic E-state index is 11.5. The number of hydrogen-bond donors (Lipinski definition) is 2. The third-order valence-electron chi connectivity index (χ3n) is 3.71. The molecule has 3 nitrogen and oxygen atoms in total. The van der Waals surface area contributed by atoms with Gasteiger partial charge in [-0.2, -0.15) is 0 Å². The lowest BCUT2D eigenvalue weighted by Crippen LogP contribution is -2.47.